The van der Waals surface area contributed by atoms with Gasteiger partial charge in [-0.2, -0.15) is 0 Å². The smallest absolute Gasteiger partial charge is 0.147 e. The number of rotatable bonds is 7. The molecule has 1 heterocycles. The van der Waals surface area contributed by atoms with Crippen LogP contribution in [0.15, 0.2) is 45.5 Å². The quantitative estimate of drug-likeness (QED) is 0.715. The van der Waals surface area contributed by atoms with E-state index >= 15 is 0 Å². The average molecular weight is 414 g/mol. The Balaban J connectivity index is 1.95. The SMILES string of the molecule is CCCOc1c(Br)cc(CNCc2ccccn2)cc1Br. The van der Waals surface area contributed by atoms with Gasteiger partial charge in [0, 0.05) is 19.3 Å². The van der Waals surface area contributed by atoms with Crippen molar-refractivity contribution in [3.63, 3.8) is 0 Å². The number of nitrogens with one attached hydrogen (secondary N) is 1. The third-order valence-electron chi connectivity index (χ3n) is 2.87. The average Bonchev–Trinajstić information content (AvgIpc) is 2.48. The highest BCUT2D eigenvalue weighted by Crippen LogP contribution is 2.34. The molecular formula is C16H18Br2N2O. The fourth-order valence-corrected chi connectivity index (χ4v) is 3.40. The zero-order valence-corrected chi connectivity index (χ0v) is 15.1. The number of halogens is 2. The Bertz CT molecular complexity index is 553. The molecule has 0 spiro atoms. The van der Waals surface area contributed by atoms with Crippen molar-refractivity contribution in [2.24, 2.45) is 0 Å². The maximum atomic E-state index is 5.72. The minimum Gasteiger partial charge on any atom is -0.491 e. The Morgan fingerprint density at radius 3 is 2.52 bits per heavy atom. The normalized spacial score (nSPS) is 10.6. The zero-order valence-electron chi connectivity index (χ0n) is 11.9. The number of pyridine rings is 1. The van der Waals surface area contributed by atoms with E-state index in [0.717, 1.165) is 39.9 Å². The molecule has 0 aliphatic heterocycles. The van der Waals surface area contributed by atoms with Gasteiger partial charge in [-0.3, -0.25) is 4.98 Å². The minimum atomic E-state index is 0.717. The van der Waals surface area contributed by atoms with E-state index in [-0.39, 0.29) is 0 Å². The molecule has 0 radical (unpaired) electrons. The Labute approximate surface area is 142 Å². The van der Waals surface area contributed by atoms with Crippen molar-refractivity contribution in [1.29, 1.82) is 0 Å². The van der Waals surface area contributed by atoms with Gasteiger partial charge in [-0.25, -0.2) is 0 Å². The predicted molar refractivity (Wildman–Crippen MR) is 92.4 cm³/mol. The molecule has 21 heavy (non-hydrogen) atoms. The fourth-order valence-electron chi connectivity index (χ4n) is 1.89. The monoisotopic (exact) mass is 412 g/mol. The molecule has 0 aliphatic rings. The Hall–Kier alpha value is -0.910. The molecule has 2 aromatic rings. The van der Waals surface area contributed by atoms with E-state index in [1.807, 2.05) is 24.4 Å². The minimum absolute atomic E-state index is 0.717. The van der Waals surface area contributed by atoms with Crippen LogP contribution in [0.5, 0.6) is 5.75 Å². The number of ether oxygens (including phenoxy) is 1. The van der Waals surface area contributed by atoms with Gasteiger partial charge in [0.2, 0.25) is 0 Å². The molecule has 0 aliphatic carbocycles. The van der Waals surface area contributed by atoms with Gasteiger partial charge in [-0.15, -0.1) is 0 Å². The lowest BCUT2D eigenvalue weighted by atomic mass is 10.2. The first-order valence-electron chi connectivity index (χ1n) is 6.92. The first kappa shape index (κ1) is 16.5. The Kier molecular flexibility index (Phi) is 6.67. The summed E-state index contributed by atoms with van der Waals surface area (Å²) in [7, 11) is 0. The van der Waals surface area contributed by atoms with Gasteiger partial charge in [-0.05, 0) is 68.1 Å². The second kappa shape index (κ2) is 8.51. The molecule has 0 amide bonds. The topological polar surface area (TPSA) is 34.1 Å². The second-order valence-electron chi connectivity index (χ2n) is 4.66. The lowest BCUT2D eigenvalue weighted by Crippen LogP contribution is -2.13. The number of benzene rings is 1. The molecule has 0 fully saturated rings. The summed E-state index contributed by atoms with van der Waals surface area (Å²) in [6, 6.07) is 10.1. The van der Waals surface area contributed by atoms with Crippen LogP contribution in [-0.2, 0) is 13.1 Å². The summed E-state index contributed by atoms with van der Waals surface area (Å²) in [5.41, 5.74) is 2.23. The van der Waals surface area contributed by atoms with Gasteiger partial charge < -0.3 is 10.1 Å². The van der Waals surface area contributed by atoms with Crippen molar-refractivity contribution in [1.82, 2.24) is 10.3 Å². The van der Waals surface area contributed by atoms with Crippen LogP contribution in [0, 0.1) is 0 Å². The molecule has 3 nitrogen and oxygen atoms in total. The van der Waals surface area contributed by atoms with E-state index in [0.29, 0.717) is 6.61 Å². The lowest BCUT2D eigenvalue weighted by Gasteiger charge is -2.12. The molecule has 1 N–H and O–H groups in total. The Morgan fingerprint density at radius 1 is 1.14 bits per heavy atom. The highest BCUT2D eigenvalue weighted by atomic mass is 79.9. The Morgan fingerprint density at radius 2 is 1.90 bits per heavy atom. The lowest BCUT2D eigenvalue weighted by molar-refractivity contribution is 0.313. The molecule has 1 aromatic heterocycles. The van der Waals surface area contributed by atoms with Crippen molar-refractivity contribution < 1.29 is 4.74 Å². The van der Waals surface area contributed by atoms with Gasteiger partial charge in [0.15, 0.2) is 0 Å². The fraction of sp³-hybridized carbons (Fsp3) is 0.312. The van der Waals surface area contributed by atoms with Gasteiger partial charge in [-0.1, -0.05) is 13.0 Å². The predicted octanol–water partition coefficient (Wildman–Crippen LogP) is 4.69. The van der Waals surface area contributed by atoms with E-state index in [2.05, 4.69) is 61.2 Å². The standard InChI is InChI=1S/C16H18Br2N2O/c1-2-7-21-16-14(17)8-12(9-15(16)18)10-19-11-13-5-3-4-6-20-13/h3-6,8-9,19H,2,7,10-11H2,1H3. The number of hydrogen-bond acceptors (Lipinski definition) is 3. The third-order valence-corrected chi connectivity index (χ3v) is 4.05. The molecule has 0 saturated heterocycles. The maximum absolute atomic E-state index is 5.72. The summed E-state index contributed by atoms with van der Waals surface area (Å²) >= 11 is 7.14. The molecule has 0 atom stereocenters. The van der Waals surface area contributed by atoms with Crippen LogP contribution in [0.25, 0.3) is 0 Å². The zero-order chi connectivity index (χ0) is 15.1. The van der Waals surface area contributed by atoms with Crippen molar-refractivity contribution in [2.45, 2.75) is 26.4 Å². The molecule has 5 heteroatoms. The van der Waals surface area contributed by atoms with Crippen molar-refractivity contribution in [2.75, 3.05) is 6.61 Å². The molecule has 0 bridgehead atoms. The van der Waals surface area contributed by atoms with Gasteiger partial charge in [0.1, 0.15) is 5.75 Å². The first-order valence-corrected chi connectivity index (χ1v) is 8.50. The molecular weight excluding hydrogens is 396 g/mol. The summed E-state index contributed by atoms with van der Waals surface area (Å²) in [5, 5.41) is 3.39. The van der Waals surface area contributed by atoms with Crippen molar-refractivity contribution in [3.8, 4) is 5.75 Å². The summed E-state index contributed by atoms with van der Waals surface area (Å²) in [4.78, 5) is 4.29. The van der Waals surface area contributed by atoms with Gasteiger partial charge >= 0.3 is 0 Å². The largest absolute Gasteiger partial charge is 0.491 e. The number of hydrogen-bond donors (Lipinski definition) is 1. The highest BCUT2D eigenvalue weighted by molar-refractivity contribution is 9.11. The van der Waals surface area contributed by atoms with Crippen LogP contribution in [0.4, 0.5) is 0 Å². The summed E-state index contributed by atoms with van der Waals surface area (Å²) < 4.78 is 7.67. The van der Waals surface area contributed by atoms with Crippen LogP contribution in [0.2, 0.25) is 0 Å². The van der Waals surface area contributed by atoms with E-state index in [9.17, 15) is 0 Å². The van der Waals surface area contributed by atoms with Crippen LogP contribution in [-0.4, -0.2) is 11.6 Å². The molecule has 0 saturated carbocycles. The molecule has 1 aromatic carbocycles. The number of aromatic nitrogens is 1. The molecule has 0 unspecified atom stereocenters. The van der Waals surface area contributed by atoms with Crippen molar-refractivity contribution in [3.05, 3.63) is 56.7 Å². The van der Waals surface area contributed by atoms with Gasteiger partial charge in [0.05, 0.1) is 21.2 Å². The van der Waals surface area contributed by atoms with E-state index in [1.54, 1.807) is 0 Å². The highest BCUT2D eigenvalue weighted by Gasteiger charge is 2.08. The van der Waals surface area contributed by atoms with Crippen LogP contribution in [0.3, 0.4) is 0 Å². The summed E-state index contributed by atoms with van der Waals surface area (Å²) in [6.45, 7) is 4.35. The first-order chi connectivity index (χ1) is 10.2. The summed E-state index contributed by atoms with van der Waals surface area (Å²) in [6.07, 6.45) is 2.80. The van der Waals surface area contributed by atoms with E-state index in [1.165, 1.54) is 5.56 Å². The van der Waals surface area contributed by atoms with Crippen LogP contribution < -0.4 is 10.1 Å². The third kappa shape index (κ3) is 5.09. The van der Waals surface area contributed by atoms with E-state index < -0.39 is 0 Å². The van der Waals surface area contributed by atoms with Crippen LogP contribution in [0.1, 0.15) is 24.6 Å². The molecule has 2 rings (SSSR count). The summed E-state index contributed by atoms with van der Waals surface area (Å²) in [5.74, 6) is 0.866. The van der Waals surface area contributed by atoms with Crippen molar-refractivity contribution >= 4 is 31.9 Å². The van der Waals surface area contributed by atoms with Crippen LogP contribution >= 0.6 is 31.9 Å². The second-order valence-corrected chi connectivity index (χ2v) is 6.37. The van der Waals surface area contributed by atoms with E-state index in [4.69, 9.17) is 4.74 Å². The maximum Gasteiger partial charge on any atom is 0.147 e. The van der Waals surface area contributed by atoms with Gasteiger partial charge in [0.25, 0.3) is 0 Å². The number of nitrogens with zero attached hydrogens (tertiary/aromatic N) is 1. The molecule has 112 valence electrons.